The number of hydrogen-bond acceptors (Lipinski definition) is 6. The molecule has 0 aliphatic carbocycles. The Balaban J connectivity index is 1.94. The second-order valence-electron chi connectivity index (χ2n) is 7.49. The average molecular weight is 423 g/mol. The fourth-order valence-electron chi connectivity index (χ4n) is 3.69. The molecule has 31 heavy (non-hydrogen) atoms. The summed E-state index contributed by atoms with van der Waals surface area (Å²) in [5.74, 6) is 1.19. The molecule has 1 atom stereocenters. The van der Waals surface area contributed by atoms with Gasteiger partial charge in [-0.15, -0.1) is 0 Å². The van der Waals surface area contributed by atoms with Gasteiger partial charge in [-0.25, -0.2) is 4.98 Å². The smallest absolute Gasteiger partial charge is 0.260 e. The molecule has 2 aromatic rings. The van der Waals surface area contributed by atoms with Crippen molar-refractivity contribution in [2.24, 2.45) is 0 Å². The molecular weight excluding hydrogens is 392 g/mol. The van der Waals surface area contributed by atoms with Crippen molar-refractivity contribution in [2.75, 3.05) is 18.6 Å². The van der Waals surface area contributed by atoms with E-state index in [-0.39, 0.29) is 17.8 Å². The molecule has 8 nitrogen and oxygen atoms in total. The van der Waals surface area contributed by atoms with Crippen LogP contribution in [0.4, 0.5) is 5.82 Å². The van der Waals surface area contributed by atoms with Crippen molar-refractivity contribution in [1.29, 1.82) is 10.8 Å². The number of hydrogen-bond donors (Lipinski definition) is 3. The van der Waals surface area contributed by atoms with Crippen LogP contribution in [0.25, 0.3) is 0 Å². The number of carbonyl (C=O) groups is 1. The molecule has 0 saturated carbocycles. The molecular formula is C23H30N6O2. The van der Waals surface area contributed by atoms with Crippen LogP contribution in [-0.4, -0.2) is 47.7 Å². The predicted molar refractivity (Wildman–Crippen MR) is 122 cm³/mol. The van der Waals surface area contributed by atoms with Gasteiger partial charge < -0.3 is 15.0 Å². The number of nitrogens with zero attached hydrogens (tertiary/aromatic N) is 3. The van der Waals surface area contributed by atoms with Gasteiger partial charge in [0.1, 0.15) is 17.3 Å². The Bertz CT molecular complexity index is 990. The zero-order chi connectivity index (χ0) is 22.5. The summed E-state index contributed by atoms with van der Waals surface area (Å²) in [6.07, 6.45) is 1.95. The Hall–Kier alpha value is -3.26. The zero-order valence-corrected chi connectivity index (χ0v) is 18.5. The molecule has 1 amide bonds. The van der Waals surface area contributed by atoms with Crippen LogP contribution in [0.3, 0.4) is 0 Å². The van der Waals surface area contributed by atoms with Crippen LogP contribution in [0.1, 0.15) is 54.4 Å². The molecule has 2 heterocycles. The summed E-state index contributed by atoms with van der Waals surface area (Å²) < 4.78 is 5.66. The lowest BCUT2D eigenvalue weighted by atomic mass is 10.0. The molecule has 1 aliphatic rings. The number of pyridine rings is 1. The molecule has 1 unspecified atom stereocenters. The van der Waals surface area contributed by atoms with E-state index in [4.69, 9.17) is 15.6 Å². The fourth-order valence-corrected chi connectivity index (χ4v) is 3.69. The first-order chi connectivity index (χ1) is 14.9. The number of carbonyl (C=O) groups excluding carboxylic acids is 1. The number of nitrogens with one attached hydrogen (secondary N) is 3. The van der Waals surface area contributed by atoms with Gasteiger partial charge in [-0.3, -0.25) is 20.5 Å². The fraction of sp³-hybridized carbons (Fsp3) is 0.391. The van der Waals surface area contributed by atoms with E-state index in [1.165, 1.54) is 0 Å². The second kappa shape index (κ2) is 9.70. The van der Waals surface area contributed by atoms with E-state index in [1.807, 2.05) is 33.9 Å². The van der Waals surface area contributed by atoms with E-state index in [1.54, 1.807) is 34.1 Å². The lowest BCUT2D eigenvalue weighted by Crippen LogP contribution is -2.37. The third-order valence-corrected chi connectivity index (χ3v) is 5.50. The first-order valence-corrected chi connectivity index (χ1v) is 10.5. The Labute approximate surface area is 183 Å². The van der Waals surface area contributed by atoms with Crippen molar-refractivity contribution in [1.82, 2.24) is 15.2 Å². The maximum Gasteiger partial charge on any atom is 0.260 e. The minimum Gasteiger partial charge on any atom is -0.494 e. The number of amides is 1. The second-order valence-corrected chi connectivity index (χ2v) is 7.49. The third kappa shape index (κ3) is 4.44. The van der Waals surface area contributed by atoms with Crippen molar-refractivity contribution in [3.63, 3.8) is 0 Å². The van der Waals surface area contributed by atoms with E-state index in [0.717, 1.165) is 23.9 Å². The number of anilines is 1. The summed E-state index contributed by atoms with van der Waals surface area (Å²) in [5, 5.41) is 19.4. The molecule has 1 aromatic heterocycles. The lowest BCUT2D eigenvalue weighted by Gasteiger charge is -2.26. The molecule has 0 spiro atoms. The minimum absolute atomic E-state index is 0.00854. The number of aromatic nitrogens is 1. The summed E-state index contributed by atoms with van der Waals surface area (Å²) in [7, 11) is 1.87. The first kappa shape index (κ1) is 22.4. The molecule has 1 aliphatic heterocycles. The van der Waals surface area contributed by atoms with Crippen LogP contribution in [0.2, 0.25) is 0 Å². The molecule has 3 N–H and O–H groups in total. The highest BCUT2D eigenvalue weighted by molar-refractivity contribution is 6.10. The minimum atomic E-state index is -0.129. The van der Waals surface area contributed by atoms with Crippen LogP contribution in [0.15, 0.2) is 30.3 Å². The summed E-state index contributed by atoms with van der Waals surface area (Å²) in [5.41, 5.74) is 3.04. The monoisotopic (exact) mass is 422 g/mol. The highest BCUT2D eigenvalue weighted by Crippen LogP contribution is 2.33. The van der Waals surface area contributed by atoms with Gasteiger partial charge in [0.05, 0.1) is 19.5 Å². The van der Waals surface area contributed by atoms with Gasteiger partial charge in [0.15, 0.2) is 5.84 Å². The van der Waals surface area contributed by atoms with Gasteiger partial charge in [-0.1, -0.05) is 13.0 Å². The highest BCUT2D eigenvalue weighted by Gasteiger charge is 2.32. The van der Waals surface area contributed by atoms with Crippen molar-refractivity contribution in [2.45, 2.75) is 46.3 Å². The van der Waals surface area contributed by atoms with Gasteiger partial charge in [-0.2, -0.15) is 0 Å². The van der Waals surface area contributed by atoms with Crippen LogP contribution >= 0.6 is 0 Å². The number of rotatable bonds is 9. The molecule has 0 fully saturated rings. The van der Waals surface area contributed by atoms with Crippen LogP contribution in [0.5, 0.6) is 5.75 Å². The molecule has 1 aromatic carbocycles. The maximum absolute atomic E-state index is 13.2. The first-order valence-electron chi connectivity index (χ1n) is 10.5. The van der Waals surface area contributed by atoms with Crippen LogP contribution in [0, 0.1) is 10.8 Å². The summed E-state index contributed by atoms with van der Waals surface area (Å²) in [6, 6.07) is 9.09. The molecule has 164 valence electrons. The standard InChI is InChI=1S/C23H30N6O2/c1-5-15(3)29(14-24)22(25)20-8-7-9-21(27-20)28-13-19-16(12-26-4)10-17(31-6-2)11-18(19)23(28)30/h7-11,14-15,24-26H,5-6,12-13H2,1-4H3. The quantitative estimate of drug-likeness (QED) is 0.424. The highest BCUT2D eigenvalue weighted by atomic mass is 16.5. The Morgan fingerprint density at radius 3 is 2.81 bits per heavy atom. The van der Waals surface area contributed by atoms with Crippen LogP contribution < -0.4 is 15.0 Å². The SMILES string of the molecule is CCOc1cc(CNC)c2c(c1)C(=O)N(c1cccc(C(=N)N(C=N)C(C)CC)n1)C2. The summed E-state index contributed by atoms with van der Waals surface area (Å²) in [6.45, 7) is 7.47. The largest absolute Gasteiger partial charge is 0.494 e. The average Bonchev–Trinajstić information content (AvgIpc) is 3.11. The summed E-state index contributed by atoms with van der Waals surface area (Å²) >= 11 is 0. The van der Waals surface area contributed by atoms with E-state index in [2.05, 4.69) is 10.3 Å². The van der Waals surface area contributed by atoms with Gasteiger partial charge in [0.25, 0.3) is 5.91 Å². The lowest BCUT2D eigenvalue weighted by molar-refractivity contribution is 0.0995. The number of ether oxygens (including phenoxy) is 1. The summed E-state index contributed by atoms with van der Waals surface area (Å²) in [4.78, 5) is 21.1. The Morgan fingerprint density at radius 1 is 1.39 bits per heavy atom. The molecule has 8 heteroatoms. The Morgan fingerprint density at radius 2 is 2.16 bits per heavy atom. The van der Waals surface area contributed by atoms with Gasteiger partial charge in [0.2, 0.25) is 0 Å². The van der Waals surface area contributed by atoms with Crippen LogP contribution in [-0.2, 0) is 13.1 Å². The van der Waals surface area contributed by atoms with E-state index < -0.39 is 0 Å². The van der Waals surface area contributed by atoms with Crippen molar-refractivity contribution >= 4 is 23.9 Å². The Kier molecular flexibility index (Phi) is 7.02. The van der Waals surface area contributed by atoms with Gasteiger partial charge in [0, 0.05) is 18.2 Å². The zero-order valence-electron chi connectivity index (χ0n) is 18.5. The van der Waals surface area contributed by atoms with E-state index in [0.29, 0.717) is 42.5 Å². The maximum atomic E-state index is 13.2. The number of amidine groups is 1. The topological polar surface area (TPSA) is 105 Å². The third-order valence-electron chi connectivity index (χ3n) is 5.50. The van der Waals surface area contributed by atoms with Crippen molar-refractivity contribution in [3.8, 4) is 5.75 Å². The number of fused-ring (bicyclic) bond motifs is 1. The molecule has 0 bridgehead atoms. The normalized spacial score (nSPS) is 13.7. The van der Waals surface area contributed by atoms with Gasteiger partial charge >= 0.3 is 0 Å². The predicted octanol–water partition coefficient (Wildman–Crippen LogP) is 3.39. The van der Waals surface area contributed by atoms with Crippen molar-refractivity contribution < 1.29 is 9.53 Å². The molecule has 0 saturated heterocycles. The number of benzene rings is 1. The molecule has 3 rings (SSSR count). The van der Waals surface area contributed by atoms with E-state index >= 15 is 0 Å². The van der Waals surface area contributed by atoms with Gasteiger partial charge in [-0.05, 0) is 62.7 Å². The molecule has 0 radical (unpaired) electrons. The van der Waals surface area contributed by atoms with Crippen molar-refractivity contribution in [3.05, 3.63) is 52.7 Å². The van der Waals surface area contributed by atoms with E-state index in [9.17, 15) is 4.79 Å².